The lowest BCUT2D eigenvalue weighted by Gasteiger charge is -2.18. The van der Waals surface area contributed by atoms with Crippen molar-refractivity contribution < 1.29 is 4.42 Å². The molecule has 1 atom stereocenters. The van der Waals surface area contributed by atoms with Gasteiger partial charge >= 0.3 is 0 Å². The van der Waals surface area contributed by atoms with Gasteiger partial charge in [0.2, 0.25) is 0 Å². The minimum absolute atomic E-state index is 0.553. The Balaban J connectivity index is 2.28. The summed E-state index contributed by atoms with van der Waals surface area (Å²) in [5.41, 5.74) is 4.75. The first-order valence-corrected chi connectivity index (χ1v) is 6.99. The molecule has 1 heterocycles. The number of benzene rings is 2. The van der Waals surface area contributed by atoms with Gasteiger partial charge in [0.15, 0.2) is 0 Å². The molecule has 0 spiro atoms. The van der Waals surface area contributed by atoms with E-state index in [-0.39, 0.29) is 0 Å². The molecule has 1 aromatic heterocycles. The van der Waals surface area contributed by atoms with Crippen LogP contribution in [0.3, 0.4) is 0 Å². The molecular weight excluding hydrogens is 232 g/mol. The summed E-state index contributed by atoms with van der Waals surface area (Å²) < 4.78 is 5.98. The largest absolute Gasteiger partial charge is 0.456 e. The van der Waals surface area contributed by atoms with Crippen LogP contribution in [0.1, 0.15) is 37.8 Å². The lowest BCUT2D eigenvalue weighted by Crippen LogP contribution is -2.03. The Morgan fingerprint density at radius 3 is 2.37 bits per heavy atom. The molecule has 3 rings (SSSR count). The van der Waals surface area contributed by atoms with Crippen LogP contribution in [-0.2, 0) is 0 Å². The fourth-order valence-electron chi connectivity index (χ4n) is 2.75. The summed E-state index contributed by atoms with van der Waals surface area (Å²) in [5, 5.41) is 2.44. The highest BCUT2D eigenvalue weighted by molar-refractivity contribution is 6.05. The summed E-state index contributed by atoms with van der Waals surface area (Å²) in [7, 11) is 0. The number of hydrogen-bond acceptors (Lipinski definition) is 1. The van der Waals surface area contributed by atoms with E-state index in [1.807, 2.05) is 12.1 Å². The molecule has 0 aliphatic heterocycles. The number of fused-ring (bicyclic) bond motifs is 3. The van der Waals surface area contributed by atoms with Crippen LogP contribution in [0.25, 0.3) is 21.9 Å². The summed E-state index contributed by atoms with van der Waals surface area (Å²) in [4.78, 5) is 0. The zero-order valence-corrected chi connectivity index (χ0v) is 12.0. The molecule has 0 N–H and O–H groups in total. The quantitative estimate of drug-likeness (QED) is 0.574. The van der Waals surface area contributed by atoms with Crippen molar-refractivity contribution in [1.29, 1.82) is 0 Å². The molecule has 19 heavy (non-hydrogen) atoms. The summed E-state index contributed by atoms with van der Waals surface area (Å²) in [6.45, 7) is 9.04. The van der Waals surface area contributed by atoms with Crippen molar-refractivity contribution in [3.8, 4) is 0 Å². The summed E-state index contributed by atoms with van der Waals surface area (Å²) in [5.74, 6) is 1.19. The second-order valence-electron chi connectivity index (χ2n) is 5.84. The molecule has 1 nitrogen and oxygen atoms in total. The van der Waals surface area contributed by atoms with E-state index < -0.39 is 0 Å². The van der Waals surface area contributed by atoms with E-state index in [0.29, 0.717) is 11.8 Å². The number of rotatable bonds is 2. The highest BCUT2D eigenvalue weighted by atomic mass is 16.3. The van der Waals surface area contributed by atoms with Crippen LogP contribution >= 0.6 is 0 Å². The first-order valence-electron chi connectivity index (χ1n) is 6.99. The van der Waals surface area contributed by atoms with Gasteiger partial charge in [0, 0.05) is 10.8 Å². The van der Waals surface area contributed by atoms with Crippen LogP contribution in [0, 0.1) is 12.8 Å². The van der Waals surface area contributed by atoms with Crippen LogP contribution < -0.4 is 0 Å². The lowest BCUT2D eigenvalue weighted by molar-refractivity contribution is 0.532. The predicted molar refractivity (Wildman–Crippen MR) is 81.7 cm³/mol. The molecule has 2 aromatic carbocycles. The highest BCUT2D eigenvalue weighted by Gasteiger charge is 2.15. The molecule has 1 unspecified atom stereocenters. The number of aryl methyl sites for hydroxylation is 1. The van der Waals surface area contributed by atoms with Crippen molar-refractivity contribution in [2.24, 2.45) is 5.92 Å². The fourth-order valence-corrected chi connectivity index (χ4v) is 2.75. The maximum Gasteiger partial charge on any atom is 0.135 e. The third kappa shape index (κ3) is 1.94. The Labute approximate surface area is 114 Å². The second-order valence-corrected chi connectivity index (χ2v) is 5.84. The average molecular weight is 252 g/mol. The SMILES string of the molecule is Cc1cc2c(cc1C(C)C(C)C)oc1ccccc12. The van der Waals surface area contributed by atoms with E-state index in [0.717, 1.165) is 11.2 Å². The lowest BCUT2D eigenvalue weighted by atomic mass is 9.87. The van der Waals surface area contributed by atoms with Crippen molar-refractivity contribution in [3.63, 3.8) is 0 Å². The van der Waals surface area contributed by atoms with E-state index in [1.165, 1.54) is 21.9 Å². The fraction of sp³-hybridized carbons (Fsp3) is 0.333. The van der Waals surface area contributed by atoms with E-state index in [4.69, 9.17) is 4.42 Å². The van der Waals surface area contributed by atoms with Gasteiger partial charge in [-0.1, -0.05) is 39.0 Å². The summed E-state index contributed by atoms with van der Waals surface area (Å²) in [6.07, 6.45) is 0. The van der Waals surface area contributed by atoms with Crippen molar-refractivity contribution in [3.05, 3.63) is 47.5 Å². The molecule has 0 bridgehead atoms. The van der Waals surface area contributed by atoms with Gasteiger partial charge in [-0.05, 0) is 48.1 Å². The van der Waals surface area contributed by atoms with E-state index >= 15 is 0 Å². The zero-order chi connectivity index (χ0) is 13.6. The molecular formula is C18H20O. The smallest absolute Gasteiger partial charge is 0.135 e. The van der Waals surface area contributed by atoms with Crippen LogP contribution in [0.2, 0.25) is 0 Å². The molecule has 0 saturated carbocycles. The van der Waals surface area contributed by atoms with E-state index in [1.54, 1.807) is 0 Å². The van der Waals surface area contributed by atoms with Gasteiger partial charge in [0.1, 0.15) is 11.2 Å². The van der Waals surface area contributed by atoms with Crippen molar-refractivity contribution in [2.75, 3.05) is 0 Å². The van der Waals surface area contributed by atoms with Crippen molar-refractivity contribution in [1.82, 2.24) is 0 Å². The first kappa shape index (κ1) is 12.3. The van der Waals surface area contributed by atoms with Gasteiger partial charge < -0.3 is 4.42 Å². The molecule has 0 fully saturated rings. The second kappa shape index (κ2) is 4.41. The molecule has 0 aliphatic rings. The maximum atomic E-state index is 5.98. The number of furan rings is 1. The van der Waals surface area contributed by atoms with Gasteiger partial charge in [0.25, 0.3) is 0 Å². The maximum absolute atomic E-state index is 5.98. The van der Waals surface area contributed by atoms with Crippen LogP contribution in [0.4, 0.5) is 0 Å². The first-order chi connectivity index (χ1) is 9.08. The van der Waals surface area contributed by atoms with Gasteiger partial charge in [-0.2, -0.15) is 0 Å². The third-order valence-corrected chi connectivity index (χ3v) is 4.26. The standard InChI is InChI=1S/C18H20O/c1-11(2)13(4)15-10-18-16(9-12(15)3)14-7-5-6-8-17(14)19-18/h5-11,13H,1-4H3. The Kier molecular flexibility index (Phi) is 2.85. The highest BCUT2D eigenvalue weighted by Crippen LogP contribution is 2.34. The zero-order valence-electron chi connectivity index (χ0n) is 12.0. The molecule has 0 saturated heterocycles. The van der Waals surface area contributed by atoms with Gasteiger partial charge in [-0.15, -0.1) is 0 Å². The molecule has 1 heteroatoms. The minimum Gasteiger partial charge on any atom is -0.456 e. The third-order valence-electron chi connectivity index (χ3n) is 4.26. The Hall–Kier alpha value is -1.76. The Morgan fingerprint density at radius 2 is 1.63 bits per heavy atom. The number of hydrogen-bond donors (Lipinski definition) is 0. The van der Waals surface area contributed by atoms with E-state index in [2.05, 4.69) is 52.0 Å². The molecule has 0 aliphatic carbocycles. The van der Waals surface area contributed by atoms with Crippen molar-refractivity contribution in [2.45, 2.75) is 33.6 Å². The van der Waals surface area contributed by atoms with Gasteiger partial charge in [-0.3, -0.25) is 0 Å². The van der Waals surface area contributed by atoms with Crippen LogP contribution in [-0.4, -0.2) is 0 Å². The summed E-state index contributed by atoms with van der Waals surface area (Å²) in [6, 6.07) is 12.8. The molecule has 0 amide bonds. The average Bonchev–Trinajstić information content (AvgIpc) is 2.74. The predicted octanol–water partition coefficient (Wildman–Crippen LogP) is 5.65. The Bertz CT molecular complexity index is 734. The van der Waals surface area contributed by atoms with E-state index in [9.17, 15) is 0 Å². The monoisotopic (exact) mass is 252 g/mol. The number of para-hydroxylation sites is 1. The topological polar surface area (TPSA) is 13.1 Å². The van der Waals surface area contributed by atoms with Gasteiger partial charge in [0.05, 0.1) is 0 Å². The van der Waals surface area contributed by atoms with Crippen molar-refractivity contribution >= 4 is 21.9 Å². The van der Waals surface area contributed by atoms with Gasteiger partial charge in [-0.25, -0.2) is 0 Å². The van der Waals surface area contributed by atoms with Crippen LogP contribution in [0.5, 0.6) is 0 Å². The summed E-state index contributed by atoms with van der Waals surface area (Å²) >= 11 is 0. The molecule has 0 radical (unpaired) electrons. The Morgan fingerprint density at radius 1 is 0.895 bits per heavy atom. The van der Waals surface area contributed by atoms with Crippen LogP contribution in [0.15, 0.2) is 40.8 Å². The minimum atomic E-state index is 0.553. The molecule has 3 aromatic rings. The molecule has 98 valence electrons. The normalized spacial score (nSPS) is 13.5.